The second kappa shape index (κ2) is 10.9. The van der Waals surface area contributed by atoms with Crippen LogP contribution in [0.2, 0.25) is 0 Å². The Morgan fingerprint density at radius 1 is 1.03 bits per heavy atom. The van der Waals surface area contributed by atoms with Gasteiger partial charge in [0.2, 0.25) is 5.91 Å². The molecule has 3 aliphatic rings. The largest absolute Gasteiger partial charge is 0.344 e. The number of rotatable bonds is 6. The van der Waals surface area contributed by atoms with E-state index in [9.17, 15) is 4.79 Å². The molecule has 1 aromatic carbocycles. The number of amidine groups is 1. The van der Waals surface area contributed by atoms with Crippen LogP contribution in [0.25, 0.3) is 0 Å². The van der Waals surface area contributed by atoms with Crippen LogP contribution >= 0.6 is 11.8 Å². The Bertz CT molecular complexity index is 748. The van der Waals surface area contributed by atoms with Gasteiger partial charge in [0.15, 0.2) is 5.17 Å². The highest BCUT2D eigenvalue weighted by Crippen LogP contribution is 2.35. The molecule has 31 heavy (non-hydrogen) atoms. The summed E-state index contributed by atoms with van der Waals surface area (Å²) in [5.74, 6) is 1.62. The van der Waals surface area contributed by atoms with Crippen LogP contribution in [0.4, 0.5) is 5.69 Å². The molecule has 1 aliphatic heterocycles. The molecule has 3 fully saturated rings. The lowest BCUT2D eigenvalue weighted by Gasteiger charge is -2.37. The Morgan fingerprint density at radius 2 is 1.68 bits per heavy atom. The number of hydrogen-bond donors (Lipinski definition) is 1. The number of carbonyl (C=O) groups excluding carboxylic acids is 1. The quantitative estimate of drug-likeness (QED) is 0.542. The third-order valence-corrected chi connectivity index (χ3v) is 8.26. The van der Waals surface area contributed by atoms with E-state index in [1.54, 1.807) is 0 Å². The third kappa shape index (κ3) is 6.06. The lowest BCUT2D eigenvalue weighted by atomic mass is 9.93. The summed E-state index contributed by atoms with van der Waals surface area (Å²) >= 11 is 1.90. The molecule has 1 N–H and O–H groups in total. The van der Waals surface area contributed by atoms with Crippen LogP contribution in [0, 0.1) is 0 Å². The fourth-order valence-corrected chi connectivity index (χ4v) is 6.59. The molecule has 2 aliphatic carbocycles. The zero-order chi connectivity index (χ0) is 21.6. The molecule has 1 atom stereocenters. The van der Waals surface area contributed by atoms with Gasteiger partial charge in [-0.3, -0.25) is 9.79 Å². The van der Waals surface area contributed by atoms with Crippen molar-refractivity contribution < 1.29 is 4.79 Å². The van der Waals surface area contributed by atoms with E-state index in [2.05, 4.69) is 36.2 Å². The molecule has 0 radical (unpaired) electrons. The van der Waals surface area contributed by atoms with E-state index < -0.39 is 0 Å². The van der Waals surface area contributed by atoms with E-state index in [4.69, 9.17) is 4.99 Å². The number of hydrogen-bond acceptors (Lipinski definition) is 3. The molecule has 170 valence electrons. The fourth-order valence-electron chi connectivity index (χ4n) is 5.30. The molecule has 4 nitrogen and oxygen atoms in total. The Labute approximate surface area is 192 Å². The first-order valence-electron chi connectivity index (χ1n) is 12.5. The van der Waals surface area contributed by atoms with E-state index in [-0.39, 0.29) is 11.9 Å². The fraction of sp³-hybridized carbons (Fsp3) is 0.692. The summed E-state index contributed by atoms with van der Waals surface area (Å²) in [4.78, 5) is 20.7. The van der Waals surface area contributed by atoms with Crippen molar-refractivity contribution in [1.29, 1.82) is 0 Å². The van der Waals surface area contributed by atoms with Crippen LogP contribution in [-0.2, 0) is 4.79 Å². The van der Waals surface area contributed by atoms with Gasteiger partial charge in [-0.25, -0.2) is 0 Å². The van der Waals surface area contributed by atoms with E-state index in [0.29, 0.717) is 24.4 Å². The monoisotopic (exact) mass is 441 g/mol. The first kappa shape index (κ1) is 22.7. The van der Waals surface area contributed by atoms with Crippen molar-refractivity contribution in [3.63, 3.8) is 0 Å². The lowest BCUT2D eigenvalue weighted by molar-refractivity contribution is -0.117. The number of nitrogens with one attached hydrogen (secondary N) is 1. The number of aliphatic imine (C=N–C) groups is 1. The van der Waals surface area contributed by atoms with Crippen molar-refractivity contribution in [1.82, 2.24) is 4.90 Å². The van der Waals surface area contributed by atoms with Gasteiger partial charge in [0, 0.05) is 29.9 Å². The number of anilines is 1. The third-order valence-electron chi connectivity index (χ3n) is 7.14. The highest BCUT2D eigenvalue weighted by Gasteiger charge is 2.37. The van der Waals surface area contributed by atoms with E-state index in [1.165, 1.54) is 74.9 Å². The van der Waals surface area contributed by atoms with E-state index in [0.717, 1.165) is 11.4 Å². The Hall–Kier alpha value is -1.49. The predicted molar refractivity (Wildman–Crippen MR) is 133 cm³/mol. The van der Waals surface area contributed by atoms with Gasteiger partial charge in [0.1, 0.15) is 0 Å². The Balaban J connectivity index is 1.42. The van der Waals surface area contributed by atoms with Gasteiger partial charge in [0.25, 0.3) is 0 Å². The Kier molecular flexibility index (Phi) is 7.97. The SMILES string of the molecule is CC(C)c1ccc(NC(=O)CC2CSC(=NC3CCCCC3)N2C2CCCCC2)cc1. The molecule has 0 spiro atoms. The highest BCUT2D eigenvalue weighted by atomic mass is 32.2. The molecule has 1 unspecified atom stereocenters. The van der Waals surface area contributed by atoms with Crippen molar-refractivity contribution in [2.24, 2.45) is 4.99 Å². The maximum Gasteiger partial charge on any atom is 0.226 e. The van der Waals surface area contributed by atoms with Gasteiger partial charge in [-0.1, -0.05) is 76.3 Å². The second-order valence-electron chi connectivity index (χ2n) is 9.90. The van der Waals surface area contributed by atoms with Crippen molar-refractivity contribution in [3.8, 4) is 0 Å². The summed E-state index contributed by atoms with van der Waals surface area (Å²) < 4.78 is 0. The summed E-state index contributed by atoms with van der Waals surface area (Å²) in [5.41, 5.74) is 2.21. The van der Waals surface area contributed by atoms with Crippen molar-refractivity contribution in [2.45, 2.75) is 109 Å². The molecule has 1 aromatic rings. The smallest absolute Gasteiger partial charge is 0.226 e. The molecule has 4 rings (SSSR count). The minimum absolute atomic E-state index is 0.127. The highest BCUT2D eigenvalue weighted by molar-refractivity contribution is 8.14. The molecule has 0 aromatic heterocycles. The number of amides is 1. The van der Waals surface area contributed by atoms with Gasteiger partial charge >= 0.3 is 0 Å². The van der Waals surface area contributed by atoms with Gasteiger partial charge in [-0.2, -0.15) is 0 Å². The summed E-state index contributed by atoms with van der Waals surface area (Å²) in [6.45, 7) is 4.38. The molecular weight excluding hydrogens is 402 g/mol. The molecule has 1 saturated heterocycles. The minimum Gasteiger partial charge on any atom is -0.344 e. The number of nitrogens with zero attached hydrogens (tertiary/aromatic N) is 2. The number of carbonyl (C=O) groups is 1. The summed E-state index contributed by atoms with van der Waals surface area (Å²) in [6, 6.07) is 9.63. The number of thioether (sulfide) groups is 1. The summed E-state index contributed by atoms with van der Waals surface area (Å²) in [6.07, 6.45) is 13.5. The van der Waals surface area contributed by atoms with Gasteiger partial charge in [0.05, 0.1) is 6.04 Å². The zero-order valence-corrected chi connectivity index (χ0v) is 20.1. The van der Waals surface area contributed by atoms with Crippen LogP contribution in [-0.4, -0.2) is 39.9 Å². The van der Waals surface area contributed by atoms with Crippen molar-refractivity contribution >= 4 is 28.5 Å². The van der Waals surface area contributed by atoms with Crippen LogP contribution in [0.1, 0.15) is 96.0 Å². The average molecular weight is 442 g/mol. The first-order valence-corrected chi connectivity index (χ1v) is 13.5. The van der Waals surface area contributed by atoms with E-state index >= 15 is 0 Å². The predicted octanol–water partition coefficient (Wildman–Crippen LogP) is 6.58. The first-order chi connectivity index (χ1) is 15.1. The second-order valence-corrected chi connectivity index (χ2v) is 10.9. The molecule has 1 heterocycles. The standard InChI is InChI=1S/C26H39N3OS/c1-19(2)20-13-15-22(16-14-20)27-25(30)17-24-18-31-26(28-21-9-5-3-6-10-21)29(24)23-11-7-4-8-12-23/h13-16,19,21,23-24H,3-12,17-18H2,1-2H3,(H,27,30). The topological polar surface area (TPSA) is 44.7 Å². The molecule has 2 saturated carbocycles. The number of benzene rings is 1. The summed E-state index contributed by atoms with van der Waals surface area (Å²) in [5, 5.41) is 4.37. The lowest BCUT2D eigenvalue weighted by Crippen LogP contribution is -2.45. The molecular formula is C26H39N3OS. The maximum atomic E-state index is 12.9. The minimum atomic E-state index is 0.127. The van der Waals surface area contributed by atoms with Crippen molar-refractivity contribution in [3.05, 3.63) is 29.8 Å². The van der Waals surface area contributed by atoms with E-state index in [1.807, 2.05) is 23.9 Å². The molecule has 0 bridgehead atoms. The van der Waals surface area contributed by atoms with Crippen molar-refractivity contribution in [2.75, 3.05) is 11.1 Å². The molecule has 1 amide bonds. The van der Waals surface area contributed by atoms with Gasteiger partial charge in [-0.15, -0.1) is 0 Å². The molecule has 5 heteroatoms. The Morgan fingerprint density at radius 3 is 2.32 bits per heavy atom. The summed E-state index contributed by atoms with van der Waals surface area (Å²) in [7, 11) is 0. The average Bonchev–Trinajstić information content (AvgIpc) is 3.17. The normalized spacial score (nSPS) is 24.8. The van der Waals surface area contributed by atoms with Gasteiger partial charge in [-0.05, 0) is 49.3 Å². The van der Waals surface area contributed by atoms with Gasteiger partial charge < -0.3 is 10.2 Å². The zero-order valence-electron chi connectivity index (χ0n) is 19.3. The van der Waals surface area contributed by atoms with Crippen LogP contribution in [0.3, 0.4) is 0 Å². The van der Waals surface area contributed by atoms with Crippen LogP contribution in [0.15, 0.2) is 29.3 Å². The van der Waals surface area contributed by atoms with Crippen LogP contribution < -0.4 is 5.32 Å². The maximum absolute atomic E-state index is 12.9. The van der Waals surface area contributed by atoms with Crippen LogP contribution in [0.5, 0.6) is 0 Å².